The lowest BCUT2D eigenvalue weighted by molar-refractivity contribution is -0.000451. The summed E-state index contributed by atoms with van der Waals surface area (Å²) < 4.78 is 64.2. The Hall–Kier alpha value is -2.20. The summed E-state index contributed by atoms with van der Waals surface area (Å²) in [6.45, 7) is 2.08. The topological polar surface area (TPSA) is 74.3 Å². The van der Waals surface area contributed by atoms with Crippen molar-refractivity contribution < 1.29 is 31.2 Å². The number of hydrogen-bond acceptors (Lipinski definition) is 6. The highest BCUT2D eigenvalue weighted by molar-refractivity contribution is 7.84. The standard InChI is InChI=1S/C21H24FNO6S/c1-21(16-6-4-5-7-18(16)22)17-12-28-13-20(17)29-30(24,25)23(21)11-14-8-9-15(26-2)10-19(14)27-3/h4-10,17,20H,11-13H2,1-3H3/t17-,20+,21+/m0/s1. The number of hydrogen-bond donors (Lipinski definition) is 0. The highest BCUT2D eigenvalue weighted by Crippen LogP contribution is 2.49. The molecule has 3 atom stereocenters. The van der Waals surface area contributed by atoms with E-state index in [1.54, 1.807) is 43.3 Å². The van der Waals surface area contributed by atoms with Gasteiger partial charge in [-0.25, -0.2) is 4.39 Å². The molecule has 4 rings (SSSR count). The van der Waals surface area contributed by atoms with E-state index in [2.05, 4.69) is 0 Å². The van der Waals surface area contributed by atoms with E-state index in [0.29, 0.717) is 17.1 Å². The Morgan fingerprint density at radius 3 is 2.63 bits per heavy atom. The number of fused-ring (bicyclic) bond motifs is 1. The summed E-state index contributed by atoms with van der Waals surface area (Å²) in [5.74, 6) is 0.191. The third-order valence-electron chi connectivity index (χ3n) is 6.01. The molecule has 2 aromatic rings. The molecule has 0 radical (unpaired) electrons. The molecule has 0 spiro atoms. The smallest absolute Gasteiger partial charge is 0.339 e. The van der Waals surface area contributed by atoms with Gasteiger partial charge in [0.05, 0.1) is 33.0 Å². The summed E-state index contributed by atoms with van der Waals surface area (Å²) in [5.41, 5.74) is -0.329. The Bertz CT molecular complexity index is 1050. The van der Waals surface area contributed by atoms with Crippen LogP contribution in [0, 0.1) is 11.7 Å². The zero-order valence-corrected chi connectivity index (χ0v) is 17.8. The average Bonchev–Trinajstić information content (AvgIpc) is 3.19. The largest absolute Gasteiger partial charge is 0.497 e. The second-order valence-electron chi connectivity index (χ2n) is 7.55. The van der Waals surface area contributed by atoms with Crippen LogP contribution in [-0.2, 0) is 31.3 Å². The van der Waals surface area contributed by atoms with Crippen molar-refractivity contribution in [2.75, 3.05) is 27.4 Å². The van der Waals surface area contributed by atoms with E-state index in [4.69, 9.17) is 18.4 Å². The van der Waals surface area contributed by atoms with Gasteiger partial charge in [0.2, 0.25) is 0 Å². The van der Waals surface area contributed by atoms with Crippen molar-refractivity contribution in [2.24, 2.45) is 5.92 Å². The highest BCUT2D eigenvalue weighted by Gasteiger charge is 2.58. The monoisotopic (exact) mass is 437 g/mol. The van der Waals surface area contributed by atoms with Crippen LogP contribution in [0.2, 0.25) is 0 Å². The van der Waals surface area contributed by atoms with Crippen LogP contribution in [0.4, 0.5) is 4.39 Å². The van der Waals surface area contributed by atoms with Gasteiger partial charge in [-0.2, -0.15) is 12.7 Å². The van der Waals surface area contributed by atoms with Gasteiger partial charge >= 0.3 is 10.3 Å². The first kappa shape index (κ1) is 21.0. The van der Waals surface area contributed by atoms with Gasteiger partial charge in [0.15, 0.2) is 0 Å². The van der Waals surface area contributed by atoms with Gasteiger partial charge in [0, 0.05) is 29.7 Å². The highest BCUT2D eigenvalue weighted by atomic mass is 32.2. The fourth-order valence-electron chi connectivity index (χ4n) is 4.37. The quantitative estimate of drug-likeness (QED) is 0.716. The Morgan fingerprint density at radius 2 is 1.93 bits per heavy atom. The Kier molecular flexibility index (Phi) is 5.48. The second kappa shape index (κ2) is 7.81. The van der Waals surface area contributed by atoms with Gasteiger partial charge < -0.3 is 14.2 Å². The first-order valence-electron chi connectivity index (χ1n) is 9.56. The maximum absolute atomic E-state index is 14.9. The zero-order valence-electron chi connectivity index (χ0n) is 17.0. The van der Waals surface area contributed by atoms with Crippen LogP contribution in [0.5, 0.6) is 11.5 Å². The zero-order chi connectivity index (χ0) is 21.5. The molecule has 2 saturated heterocycles. The van der Waals surface area contributed by atoms with Gasteiger partial charge in [-0.3, -0.25) is 4.18 Å². The van der Waals surface area contributed by atoms with E-state index in [0.717, 1.165) is 0 Å². The normalized spacial score (nSPS) is 28.1. The van der Waals surface area contributed by atoms with Crippen molar-refractivity contribution in [2.45, 2.75) is 25.1 Å². The molecular formula is C21H24FNO6S. The Morgan fingerprint density at radius 1 is 1.17 bits per heavy atom. The lowest BCUT2D eigenvalue weighted by Crippen LogP contribution is -2.60. The second-order valence-corrected chi connectivity index (χ2v) is 9.04. The van der Waals surface area contributed by atoms with E-state index < -0.39 is 27.8 Å². The third kappa shape index (κ3) is 3.35. The molecule has 0 aliphatic carbocycles. The number of benzene rings is 2. The molecular weight excluding hydrogens is 413 g/mol. The molecule has 7 nitrogen and oxygen atoms in total. The number of halogens is 1. The lowest BCUT2D eigenvalue weighted by Gasteiger charge is -2.49. The molecule has 0 aromatic heterocycles. The molecule has 0 unspecified atom stereocenters. The number of methoxy groups -OCH3 is 2. The maximum atomic E-state index is 14.9. The molecule has 2 fully saturated rings. The van der Waals surface area contributed by atoms with Gasteiger partial charge in [-0.05, 0) is 19.1 Å². The summed E-state index contributed by atoms with van der Waals surface area (Å²) >= 11 is 0. The molecule has 0 saturated carbocycles. The molecule has 2 aliphatic heterocycles. The van der Waals surface area contributed by atoms with Crippen LogP contribution in [0.3, 0.4) is 0 Å². The first-order valence-corrected chi connectivity index (χ1v) is 10.9. The molecule has 2 aliphatic rings. The Labute approximate surface area is 175 Å². The van der Waals surface area contributed by atoms with Crippen LogP contribution in [0.25, 0.3) is 0 Å². The molecule has 162 valence electrons. The molecule has 9 heteroatoms. The van der Waals surface area contributed by atoms with Gasteiger partial charge in [-0.1, -0.05) is 24.3 Å². The summed E-state index contributed by atoms with van der Waals surface area (Å²) in [5, 5.41) is 0. The van der Waals surface area contributed by atoms with Crippen LogP contribution >= 0.6 is 0 Å². The van der Waals surface area contributed by atoms with Crippen molar-refractivity contribution >= 4 is 10.3 Å². The molecule has 0 N–H and O–H groups in total. The van der Waals surface area contributed by atoms with Crippen molar-refractivity contribution in [1.82, 2.24) is 4.31 Å². The molecule has 0 amide bonds. The van der Waals surface area contributed by atoms with Crippen molar-refractivity contribution in [3.63, 3.8) is 0 Å². The first-order chi connectivity index (χ1) is 14.3. The van der Waals surface area contributed by atoms with Crippen LogP contribution < -0.4 is 9.47 Å². The minimum absolute atomic E-state index is 0.0659. The summed E-state index contributed by atoms with van der Waals surface area (Å²) in [7, 11) is -1.16. The van der Waals surface area contributed by atoms with E-state index >= 15 is 0 Å². The Balaban J connectivity index is 1.86. The predicted molar refractivity (Wildman–Crippen MR) is 107 cm³/mol. The number of ether oxygens (including phenoxy) is 3. The van der Waals surface area contributed by atoms with E-state index in [1.165, 1.54) is 24.6 Å². The number of nitrogens with zero attached hydrogens (tertiary/aromatic N) is 1. The summed E-state index contributed by atoms with van der Waals surface area (Å²) in [6, 6.07) is 11.3. The number of rotatable bonds is 5. The molecule has 0 bridgehead atoms. The van der Waals surface area contributed by atoms with Crippen LogP contribution in [0.1, 0.15) is 18.1 Å². The minimum atomic E-state index is -4.19. The van der Waals surface area contributed by atoms with Crippen molar-refractivity contribution in [1.29, 1.82) is 0 Å². The SMILES string of the molecule is COc1ccc(CN2[C@](C)(c3ccccc3F)[C@H]3COC[C@H]3OS2(=O)=O)c(OC)c1. The van der Waals surface area contributed by atoms with E-state index in [9.17, 15) is 12.8 Å². The summed E-state index contributed by atoms with van der Waals surface area (Å²) in [6.07, 6.45) is -0.673. The van der Waals surface area contributed by atoms with E-state index in [1.807, 2.05) is 0 Å². The fraction of sp³-hybridized carbons (Fsp3) is 0.429. The van der Waals surface area contributed by atoms with Crippen molar-refractivity contribution in [3.05, 3.63) is 59.4 Å². The predicted octanol–water partition coefficient (Wildman–Crippen LogP) is 2.85. The van der Waals surface area contributed by atoms with Gasteiger partial charge in [0.1, 0.15) is 23.4 Å². The maximum Gasteiger partial charge on any atom is 0.339 e. The minimum Gasteiger partial charge on any atom is -0.497 e. The lowest BCUT2D eigenvalue weighted by atomic mass is 9.77. The van der Waals surface area contributed by atoms with Crippen LogP contribution in [0.15, 0.2) is 42.5 Å². The fourth-order valence-corrected chi connectivity index (χ4v) is 5.97. The molecule has 2 heterocycles. The van der Waals surface area contributed by atoms with Gasteiger partial charge in [-0.15, -0.1) is 0 Å². The van der Waals surface area contributed by atoms with Crippen LogP contribution in [-0.4, -0.2) is 46.3 Å². The van der Waals surface area contributed by atoms with Gasteiger partial charge in [0.25, 0.3) is 0 Å². The molecule has 30 heavy (non-hydrogen) atoms. The average molecular weight is 437 g/mol. The third-order valence-corrected chi connectivity index (χ3v) is 7.55. The van der Waals surface area contributed by atoms with Crippen molar-refractivity contribution in [3.8, 4) is 11.5 Å². The molecule has 2 aromatic carbocycles. The van der Waals surface area contributed by atoms with E-state index in [-0.39, 0.29) is 31.2 Å². The summed E-state index contributed by atoms with van der Waals surface area (Å²) in [4.78, 5) is 0.